The van der Waals surface area contributed by atoms with E-state index in [2.05, 4.69) is 24.1 Å². The average Bonchev–Trinajstić information content (AvgIpc) is 2.27. The summed E-state index contributed by atoms with van der Waals surface area (Å²) < 4.78 is 0. The van der Waals surface area contributed by atoms with Crippen LogP contribution in [0.5, 0.6) is 0 Å². The van der Waals surface area contributed by atoms with Gasteiger partial charge in [0.2, 0.25) is 5.91 Å². The summed E-state index contributed by atoms with van der Waals surface area (Å²) in [5.41, 5.74) is 6.23. The Bertz CT molecular complexity index is 406. The van der Waals surface area contributed by atoms with Gasteiger partial charge in [-0.1, -0.05) is 19.9 Å². The third-order valence-electron chi connectivity index (χ3n) is 2.55. The monoisotopic (exact) mass is 264 g/mol. The predicted octanol–water partition coefficient (Wildman–Crippen LogP) is 1.46. The minimum absolute atomic E-state index is 0.269. The number of pyridine rings is 1. The normalized spacial score (nSPS) is 11.0. The van der Waals surface area contributed by atoms with Crippen molar-refractivity contribution < 1.29 is 4.79 Å². The Morgan fingerprint density at radius 3 is 2.79 bits per heavy atom. The molecule has 0 saturated heterocycles. The molecule has 0 aliphatic heterocycles. The maximum atomic E-state index is 11.1. The van der Waals surface area contributed by atoms with Crippen LogP contribution in [0.2, 0.25) is 0 Å². The maximum absolute atomic E-state index is 11.1. The fourth-order valence-electron chi connectivity index (χ4n) is 2.00. The molecule has 0 fully saturated rings. The summed E-state index contributed by atoms with van der Waals surface area (Å²) in [6.07, 6.45) is 0. The van der Waals surface area contributed by atoms with E-state index < -0.39 is 0 Å². The Balaban J connectivity index is 2.71. The van der Waals surface area contributed by atoms with Crippen LogP contribution in [0.3, 0.4) is 0 Å². The molecule has 5 heteroatoms. The van der Waals surface area contributed by atoms with Crippen LogP contribution in [0.4, 0.5) is 5.82 Å². The SMILES string of the molecule is CCNc1cccc(CN(CC(N)=O)CC(C)C)n1. The van der Waals surface area contributed by atoms with Crippen molar-refractivity contribution in [2.75, 3.05) is 25.0 Å². The maximum Gasteiger partial charge on any atom is 0.231 e. The van der Waals surface area contributed by atoms with Crippen molar-refractivity contribution in [3.63, 3.8) is 0 Å². The van der Waals surface area contributed by atoms with E-state index in [0.29, 0.717) is 12.5 Å². The highest BCUT2D eigenvalue weighted by Crippen LogP contribution is 2.09. The molecule has 1 aromatic heterocycles. The number of nitrogens with two attached hydrogens (primary N) is 1. The molecule has 19 heavy (non-hydrogen) atoms. The minimum Gasteiger partial charge on any atom is -0.370 e. The van der Waals surface area contributed by atoms with E-state index in [1.165, 1.54) is 0 Å². The molecule has 106 valence electrons. The summed E-state index contributed by atoms with van der Waals surface area (Å²) in [6, 6.07) is 5.88. The van der Waals surface area contributed by atoms with E-state index in [4.69, 9.17) is 5.73 Å². The highest BCUT2D eigenvalue weighted by atomic mass is 16.1. The van der Waals surface area contributed by atoms with Crippen LogP contribution in [0, 0.1) is 5.92 Å². The van der Waals surface area contributed by atoms with Gasteiger partial charge in [-0.2, -0.15) is 0 Å². The van der Waals surface area contributed by atoms with Crippen molar-refractivity contribution in [2.24, 2.45) is 11.7 Å². The Kier molecular flexibility index (Phi) is 6.29. The molecule has 0 spiro atoms. The topological polar surface area (TPSA) is 71.2 Å². The Labute approximate surface area is 115 Å². The first-order valence-corrected chi connectivity index (χ1v) is 6.71. The Morgan fingerprint density at radius 1 is 1.47 bits per heavy atom. The van der Waals surface area contributed by atoms with Gasteiger partial charge in [0, 0.05) is 19.6 Å². The highest BCUT2D eigenvalue weighted by molar-refractivity contribution is 5.75. The minimum atomic E-state index is -0.302. The number of hydrogen-bond acceptors (Lipinski definition) is 4. The summed E-state index contributed by atoms with van der Waals surface area (Å²) in [5, 5.41) is 3.18. The molecule has 0 aromatic carbocycles. The van der Waals surface area contributed by atoms with Crippen LogP contribution in [0.15, 0.2) is 18.2 Å². The number of hydrogen-bond donors (Lipinski definition) is 2. The summed E-state index contributed by atoms with van der Waals surface area (Å²) in [7, 11) is 0. The first-order valence-electron chi connectivity index (χ1n) is 6.71. The lowest BCUT2D eigenvalue weighted by Crippen LogP contribution is -2.36. The zero-order chi connectivity index (χ0) is 14.3. The summed E-state index contributed by atoms with van der Waals surface area (Å²) >= 11 is 0. The Morgan fingerprint density at radius 2 is 2.21 bits per heavy atom. The number of anilines is 1. The molecule has 0 aliphatic rings. The van der Waals surface area contributed by atoms with Crippen molar-refractivity contribution in [1.82, 2.24) is 9.88 Å². The van der Waals surface area contributed by atoms with Crippen molar-refractivity contribution in [3.8, 4) is 0 Å². The third-order valence-corrected chi connectivity index (χ3v) is 2.55. The quantitative estimate of drug-likeness (QED) is 0.745. The summed E-state index contributed by atoms with van der Waals surface area (Å²) in [5.74, 6) is 1.04. The number of nitrogens with zero attached hydrogens (tertiary/aromatic N) is 2. The first kappa shape index (κ1) is 15.4. The molecule has 0 radical (unpaired) electrons. The standard InChI is InChI=1S/C14H24N4O/c1-4-16-14-7-5-6-12(17-14)9-18(8-11(2)3)10-13(15)19/h5-7,11H,4,8-10H2,1-3H3,(H2,15,19)(H,16,17). The molecular weight excluding hydrogens is 240 g/mol. The first-order chi connectivity index (χ1) is 9.01. The summed E-state index contributed by atoms with van der Waals surface area (Å²) in [6.45, 7) is 8.86. The van der Waals surface area contributed by atoms with Crippen LogP contribution < -0.4 is 11.1 Å². The lowest BCUT2D eigenvalue weighted by Gasteiger charge is -2.22. The number of carbonyl (C=O) groups is 1. The zero-order valence-electron chi connectivity index (χ0n) is 12.0. The van der Waals surface area contributed by atoms with Gasteiger partial charge in [0.15, 0.2) is 0 Å². The number of aromatic nitrogens is 1. The molecular formula is C14H24N4O. The largest absolute Gasteiger partial charge is 0.370 e. The fourth-order valence-corrected chi connectivity index (χ4v) is 2.00. The van der Waals surface area contributed by atoms with Crippen LogP contribution in [0.25, 0.3) is 0 Å². The number of nitrogens with one attached hydrogen (secondary N) is 1. The second-order valence-corrected chi connectivity index (χ2v) is 5.07. The molecule has 1 rings (SSSR count). The molecule has 1 heterocycles. The van der Waals surface area contributed by atoms with Gasteiger partial charge in [0.1, 0.15) is 5.82 Å². The molecule has 0 unspecified atom stereocenters. The van der Waals surface area contributed by atoms with Crippen LogP contribution in [-0.4, -0.2) is 35.4 Å². The lowest BCUT2D eigenvalue weighted by atomic mass is 10.2. The molecule has 5 nitrogen and oxygen atoms in total. The second-order valence-electron chi connectivity index (χ2n) is 5.07. The van der Waals surface area contributed by atoms with Gasteiger partial charge in [-0.25, -0.2) is 4.98 Å². The smallest absolute Gasteiger partial charge is 0.231 e. The molecule has 0 saturated carbocycles. The summed E-state index contributed by atoms with van der Waals surface area (Å²) in [4.78, 5) is 17.6. The van der Waals surface area contributed by atoms with E-state index in [0.717, 1.165) is 24.6 Å². The molecule has 1 amide bonds. The van der Waals surface area contributed by atoms with E-state index >= 15 is 0 Å². The number of primary amides is 1. The highest BCUT2D eigenvalue weighted by Gasteiger charge is 2.11. The van der Waals surface area contributed by atoms with Crippen LogP contribution in [0.1, 0.15) is 26.5 Å². The van der Waals surface area contributed by atoms with Gasteiger partial charge in [-0.15, -0.1) is 0 Å². The second kappa shape index (κ2) is 7.74. The van der Waals surface area contributed by atoms with E-state index in [9.17, 15) is 4.79 Å². The van der Waals surface area contributed by atoms with E-state index in [1.54, 1.807) is 0 Å². The van der Waals surface area contributed by atoms with Gasteiger partial charge in [0.05, 0.1) is 12.2 Å². The predicted molar refractivity (Wildman–Crippen MR) is 77.7 cm³/mol. The van der Waals surface area contributed by atoms with Gasteiger partial charge in [0.25, 0.3) is 0 Å². The van der Waals surface area contributed by atoms with Crippen molar-refractivity contribution in [2.45, 2.75) is 27.3 Å². The molecule has 3 N–H and O–H groups in total. The number of carbonyl (C=O) groups excluding carboxylic acids is 1. The molecule has 0 bridgehead atoms. The van der Waals surface area contributed by atoms with Crippen LogP contribution in [-0.2, 0) is 11.3 Å². The third kappa shape index (κ3) is 6.20. The van der Waals surface area contributed by atoms with E-state index in [-0.39, 0.29) is 12.5 Å². The van der Waals surface area contributed by atoms with Crippen molar-refractivity contribution in [3.05, 3.63) is 23.9 Å². The van der Waals surface area contributed by atoms with Crippen molar-refractivity contribution in [1.29, 1.82) is 0 Å². The Hall–Kier alpha value is -1.62. The van der Waals surface area contributed by atoms with Crippen molar-refractivity contribution >= 4 is 11.7 Å². The van der Waals surface area contributed by atoms with Gasteiger partial charge < -0.3 is 11.1 Å². The molecule has 0 aliphatic carbocycles. The van der Waals surface area contributed by atoms with Gasteiger partial charge in [-0.05, 0) is 25.0 Å². The molecule has 1 aromatic rings. The average molecular weight is 264 g/mol. The fraction of sp³-hybridized carbons (Fsp3) is 0.571. The lowest BCUT2D eigenvalue weighted by molar-refractivity contribution is -0.119. The van der Waals surface area contributed by atoms with E-state index in [1.807, 2.05) is 30.0 Å². The zero-order valence-corrected chi connectivity index (χ0v) is 12.0. The molecule has 0 atom stereocenters. The van der Waals surface area contributed by atoms with Gasteiger partial charge in [-0.3, -0.25) is 9.69 Å². The van der Waals surface area contributed by atoms with Gasteiger partial charge >= 0.3 is 0 Å². The number of rotatable bonds is 8. The van der Waals surface area contributed by atoms with Crippen LogP contribution >= 0.6 is 0 Å². The number of amides is 1.